The molecule has 0 aliphatic carbocycles. The second-order valence-electron chi connectivity index (χ2n) is 15.8. The first kappa shape index (κ1) is 34.2. The first-order valence-corrected chi connectivity index (χ1v) is 20.7. The number of aromatic nitrogens is 1. The van der Waals surface area contributed by atoms with Gasteiger partial charge in [0.15, 0.2) is 0 Å². The van der Waals surface area contributed by atoms with Crippen molar-refractivity contribution in [3.8, 4) is 55.8 Å². The Kier molecular flexibility index (Phi) is 7.92. The van der Waals surface area contributed by atoms with Crippen molar-refractivity contribution in [2.45, 2.75) is 0 Å². The van der Waals surface area contributed by atoms with E-state index in [0.717, 1.165) is 16.8 Å². The number of hydrogen-bond acceptors (Lipinski definition) is 1. The summed E-state index contributed by atoms with van der Waals surface area (Å²) in [4.78, 5) is 5.18. The summed E-state index contributed by atoms with van der Waals surface area (Å²) in [7, 11) is 0. The smallest absolute Gasteiger partial charge is 0.0722 e. The van der Waals surface area contributed by atoms with Gasteiger partial charge in [-0.2, -0.15) is 0 Å². The lowest BCUT2D eigenvalue weighted by Crippen LogP contribution is -1.93. The van der Waals surface area contributed by atoms with E-state index < -0.39 is 0 Å². The summed E-state index contributed by atoms with van der Waals surface area (Å²) < 4.78 is 0. The average Bonchev–Trinajstić information content (AvgIpc) is 3.32. The van der Waals surface area contributed by atoms with Crippen LogP contribution in [0.5, 0.6) is 0 Å². The minimum atomic E-state index is 0.976. The van der Waals surface area contributed by atoms with Crippen LogP contribution < -0.4 is 0 Å². The van der Waals surface area contributed by atoms with Crippen LogP contribution in [0.1, 0.15) is 0 Å². The molecule has 11 aromatic carbocycles. The first-order chi connectivity index (χ1) is 29.8. The van der Waals surface area contributed by atoms with Gasteiger partial charge in [0.1, 0.15) is 0 Å². The van der Waals surface area contributed by atoms with E-state index in [-0.39, 0.29) is 0 Å². The monoisotopic (exact) mass is 759 g/mol. The Morgan fingerprint density at radius 2 is 0.733 bits per heavy atom. The van der Waals surface area contributed by atoms with E-state index in [0.29, 0.717) is 0 Å². The molecule has 1 heterocycles. The van der Waals surface area contributed by atoms with Gasteiger partial charge in [-0.1, -0.05) is 206 Å². The summed E-state index contributed by atoms with van der Waals surface area (Å²) >= 11 is 0. The molecule has 0 atom stereocenters. The molecule has 278 valence electrons. The Labute approximate surface area is 348 Å². The van der Waals surface area contributed by atoms with Crippen LogP contribution >= 0.6 is 0 Å². The highest BCUT2D eigenvalue weighted by molar-refractivity contribution is 6.24. The number of rotatable bonds is 5. The molecular weight excluding hydrogens is 723 g/mol. The zero-order valence-electron chi connectivity index (χ0n) is 32.8. The standard InChI is InChI=1S/C59H37N/c1-2-16-42(17-3-1)56-37-54(59-46-19-7-6-15-39(46)32-35-55(59)60-56)41-29-27-40(28-30-41)45-33-34-53(48-21-9-8-20-47(45)48)58-51-24-12-10-22-49(51)57(50-23-11-13-25-52(50)58)44-31-26-38-14-4-5-18-43(38)36-44/h1-37H. The van der Waals surface area contributed by atoms with Gasteiger partial charge in [0.2, 0.25) is 0 Å². The van der Waals surface area contributed by atoms with Crippen LogP contribution in [0.15, 0.2) is 224 Å². The van der Waals surface area contributed by atoms with Gasteiger partial charge in [0, 0.05) is 10.9 Å². The summed E-state index contributed by atoms with van der Waals surface area (Å²) in [6, 6.07) is 82.0. The van der Waals surface area contributed by atoms with E-state index in [9.17, 15) is 0 Å². The van der Waals surface area contributed by atoms with Gasteiger partial charge in [0.25, 0.3) is 0 Å². The largest absolute Gasteiger partial charge is 0.248 e. The minimum Gasteiger partial charge on any atom is -0.248 e. The van der Waals surface area contributed by atoms with E-state index in [1.807, 2.05) is 0 Å². The first-order valence-electron chi connectivity index (χ1n) is 20.7. The topological polar surface area (TPSA) is 12.9 Å². The third-order valence-corrected chi connectivity index (χ3v) is 12.4. The molecule has 0 bridgehead atoms. The lowest BCUT2D eigenvalue weighted by atomic mass is 9.83. The zero-order chi connectivity index (χ0) is 39.6. The normalized spacial score (nSPS) is 11.7. The second-order valence-corrected chi connectivity index (χ2v) is 15.8. The number of fused-ring (bicyclic) bond motifs is 7. The van der Waals surface area contributed by atoms with Crippen LogP contribution in [-0.4, -0.2) is 4.98 Å². The molecular formula is C59H37N. The Morgan fingerprint density at radius 1 is 0.250 bits per heavy atom. The maximum Gasteiger partial charge on any atom is 0.0722 e. The van der Waals surface area contributed by atoms with Crippen molar-refractivity contribution < 1.29 is 0 Å². The molecule has 0 saturated heterocycles. The van der Waals surface area contributed by atoms with Crippen molar-refractivity contribution in [2.24, 2.45) is 0 Å². The molecule has 0 amide bonds. The van der Waals surface area contributed by atoms with Crippen molar-refractivity contribution in [3.05, 3.63) is 224 Å². The lowest BCUT2D eigenvalue weighted by molar-refractivity contribution is 1.40. The number of pyridine rings is 1. The van der Waals surface area contributed by atoms with E-state index in [1.54, 1.807) is 0 Å². The molecule has 60 heavy (non-hydrogen) atoms. The van der Waals surface area contributed by atoms with Crippen LogP contribution in [0.4, 0.5) is 0 Å². The number of benzene rings is 11. The summed E-state index contributed by atoms with van der Waals surface area (Å²) in [5, 5.41) is 13.6. The SMILES string of the molecule is c1ccc(-c2cc(-c3ccc(-c4ccc(-c5c6ccccc6c(-c6ccc7ccccc7c6)c6ccccc56)c5ccccc45)cc3)c3c(ccc4ccccc43)n2)cc1. The Bertz CT molecular complexity index is 3580. The summed E-state index contributed by atoms with van der Waals surface area (Å²) in [6.45, 7) is 0. The molecule has 0 spiro atoms. The summed E-state index contributed by atoms with van der Waals surface area (Å²) in [6.07, 6.45) is 0. The van der Waals surface area contributed by atoms with E-state index in [4.69, 9.17) is 4.98 Å². The number of nitrogens with zero attached hydrogens (tertiary/aromatic N) is 1. The van der Waals surface area contributed by atoms with Crippen molar-refractivity contribution in [1.29, 1.82) is 0 Å². The van der Waals surface area contributed by atoms with Gasteiger partial charge >= 0.3 is 0 Å². The molecule has 12 aromatic rings. The molecule has 0 fully saturated rings. The molecule has 1 aromatic heterocycles. The zero-order valence-corrected chi connectivity index (χ0v) is 32.8. The van der Waals surface area contributed by atoms with Gasteiger partial charge in [-0.25, -0.2) is 4.98 Å². The Balaban J connectivity index is 1.02. The van der Waals surface area contributed by atoms with E-state index >= 15 is 0 Å². The van der Waals surface area contributed by atoms with Crippen LogP contribution in [0.25, 0.3) is 121 Å². The molecule has 0 N–H and O–H groups in total. The quantitative estimate of drug-likeness (QED) is 0.126. The Morgan fingerprint density at radius 3 is 1.42 bits per heavy atom. The van der Waals surface area contributed by atoms with Crippen LogP contribution in [0.3, 0.4) is 0 Å². The molecule has 0 aliphatic rings. The van der Waals surface area contributed by atoms with Crippen LogP contribution in [0, 0.1) is 0 Å². The predicted octanol–water partition coefficient (Wildman–Crippen LogP) is 16.3. The molecule has 1 nitrogen and oxygen atoms in total. The van der Waals surface area contributed by atoms with Gasteiger partial charge in [-0.3, -0.25) is 0 Å². The second kappa shape index (κ2) is 13.9. The lowest BCUT2D eigenvalue weighted by Gasteiger charge is -2.20. The summed E-state index contributed by atoms with van der Waals surface area (Å²) in [5.74, 6) is 0. The number of hydrogen-bond donors (Lipinski definition) is 0. The maximum absolute atomic E-state index is 5.18. The highest BCUT2D eigenvalue weighted by atomic mass is 14.7. The van der Waals surface area contributed by atoms with E-state index in [2.05, 4.69) is 224 Å². The minimum absolute atomic E-state index is 0.976. The van der Waals surface area contributed by atoms with Crippen molar-refractivity contribution in [2.75, 3.05) is 0 Å². The fourth-order valence-corrected chi connectivity index (χ4v) is 9.66. The molecule has 1 heteroatoms. The molecule has 0 radical (unpaired) electrons. The fraction of sp³-hybridized carbons (Fsp3) is 0. The fourth-order valence-electron chi connectivity index (χ4n) is 9.66. The maximum atomic E-state index is 5.18. The van der Waals surface area contributed by atoms with Crippen molar-refractivity contribution in [3.63, 3.8) is 0 Å². The third kappa shape index (κ3) is 5.51. The van der Waals surface area contributed by atoms with Gasteiger partial charge in [-0.05, 0) is 117 Å². The van der Waals surface area contributed by atoms with Gasteiger partial charge in [-0.15, -0.1) is 0 Å². The molecule has 12 rings (SSSR count). The summed E-state index contributed by atoms with van der Waals surface area (Å²) in [5.41, 5.74) is 12.9. The van der Waals surface area contributed by atoms with Crippen LogP contribution in [-0.2, 0) is 0 Å². The average molecular weight is 760 g/mol. The third-order valence-electron chi connectivity index (χ3n) is 12.4. The highest BCUT2D eigenvalue weighted by Crippen LogP contribution is 2.47. The van der Waals surface area contributed by atoms with Crippen LogP contribution in [0.2, 0.25) is 0 Å². The van der Waals surface area contributed by atoms with Crippen molar-refractivity contribution >= 4 is 64.8 Å². The van der Waals surface area contributed by atoms with Gasteiger partial charge in [0.05, 0.1) is 11.2 Å². The Hall–Kier alpha value is -7.87. The highest BCUT2D eigenvalue weighted by Gasteiger charge is 2.20. The van der Waals surface area contributed by atoms with Crippen molar-refractivity contribution in [1.82, 2.24) is 4.98 Å². The molecule has 0 unspecified atom stereocenters. The molecule has 0 saturated carbocycles. The van der Waals surface area contributed by atoms with Gasteiger partial charge < -0.3 is 0 Å². The van der Waals surface area contributed by atoms with E-state index in [1.165, 1.54) is 104 Å². The predicted molar refractivity (Wildman–Crippen MR) is 256 cm³/mol. The molecule has 0 aliphatic heterocycles.